The van der Waals surface area contributed by atoms with E-state index in [1.165, 1.54) is 11.3 Å². The van der Waals surface area contributed by atoms with Gasteiger partial charge in [-0.05, 0) is 24.3 Å². The number of carbonyl (C=O) groups is 2. The second-order valence-electron chi connectivity index (χ2n) is 5.81. The zero-order valence-corrected chi connectivity index (χ0v) is 13.5. The van der Waals surface area contributed by atoms with E-state index in [0.717, 1.165) is 5.69 Å². The Labute approximate surface area is 132 Å². The predicted molar refractivity (Wildman–Crippen MR) is 88.4 cm³/mol. The van der Waals surface area contributed by atoms with Crippen LogP contribution in [0.1, 0.15) is 36.8 Å². The van der Waals surface area contributed by atoms with Crippen molar-refractivity contribution in [2.24, 2.45) is 5.73 Å². The molecule has 3 amide bonds. The molecular weight excluding hydrogens is 300 g/mol. The van der Waals surface area contributed by atoms with Gasteiger partial charge in [-0.3, -0.25) is 10.1 Å². The molecule has 116 valence electrons. The van der Waals surface area contributed by atoms with Gasteiger partial charge in [0.2, 0.25) is 0 Å². The van der Waals surface area contributed by atoms with Crippen LogP contribution in [0.3, 0.4) is 0 Å². The second kappa shape index (κ2) is 6.15. The number of rotatable bonds is 3. The number of hydrogen-bond donors (Lipinski definition) is 3. The monoisotopic (exact) mass is 318 g/mol. The van der Waals surface area contributed by atoms with E-state index < -0.39 is 6.03 Å². The van der Waals surface area contributed by atoms with Crippen LogP contribution in [0.4, 0.5) is 15.6 Å². The fourth-order valence-corrected chi connectivity index (χ4v) is 2.62. The standard InChI is InChI=1S/C15H18N4O2S/c1-15(2,3)11-8-22-14(18-11)19-12(20)9-4-6-10(7-5-9)17-13(16)21/h4-8H,1-3H3,(H3,16,17,21)(H,18,19,20). The van der Waals surface area contributed by atoms with Crippen LogP contribution >= 0.6 is 11.3 Å². The van der Waals surface area contributed by atoms with Crippen LogP contribution in [0.15, 0.2) is 29.6 Å². The zero-order chi connectivity index (χ0) is 16.3. The molecule has 0 radical (unpaired) electrons. The number of aromatic nitrogens is 1. The van der Waals surface area contributed by atoms with Crippen LogP contribution in [0.5, 0.6) is 0 Å². The number of benzene rings is 1. The first-order valence-electron chi connectivity index (χ1n) is 6.69. The Hall–Kier alpha value is -2.41. The summed E-state index contributed by atoms with van der Waals surface area (Å²) >= 11 is 1.39. The number of urea groups is 1. The molecule has 7 heteroatoms. The summed E-state index contributed by atoms with van der Waals surface area (Å²) in [6.45, 7) is 6.20. The van der Waals surface area contributed by atoms with Crippen molar-refractivity contribution in [3.8, 4) is 0 Å². The summed E-state index contributed by atoms with van der Waals surface area (Å²) in [6, 6.07) is 5.80. The van der Waals surface area contributed by atoms with E-state index in [2.05, 4.69) is 36.4 Å². The summed E-state index contributed by atoms with van der Waals surface area (Å²) in [5.74, 6) is -0.250. The number of nitrogens with zero attached hydrogens (tertiary/aromatic N) is 1. The van der Waals surface area contributed by atoms with E-state index in [1.807, 2.05) is 5.38 Å². The molecule has 0 saturated carbocycles. The van der Waals surface area contributed by atoms with E-state index in [1.54, 1.807) is 24.3 Å². The molecule has 4 N–H and O–H groups in total. The Balaban J connectivity index is 2.06. The lowest BCUT2D eigenvalue weighted by atomic mass is 9.93. The second-order valence-corrected chi connectivity index (χ2v) is 6.67. The van der Waals surface area contributed by atoms with Crippen LogP contribution < -0.4 is 16.4 Å². The van der Waals surface area contributed by atoms with E-state index in [4.69, 9.17) is 5.73 Å². The van der Waals surface area contributed by atoms with Gasteiger partial charge >= 0.3 is 6.03 Å². The molecule has 1 aromatic heterocycles. The highest BCUT2D eigenvalue weighted by molar-refractivity contribution is 7.14. The van der Waals surface area contributed by atoms with Gasteiger partial charge in [-0.15, -0.1) is 11.3 Å². The maximum atomic E-state index is 12.2. The summed E-state index contributed by atoms with van der Waals surface area (Å²) in [5, 5.41) is 7.71. The summed E-state index contributed by atoms with van der Waals surface area (Å²) in [4.78, 5) is 27.3. The molecule has 0 aliphatic carbocycles. The van der Waals surface area contributed by atoms with E-state index in [-0.39, 0.29) is 11.3 Å². The minimum Gasteiger partial charge on any atom is -0.351 e. The minimum absolute atomic E-state index is 0.0540. The van der Waals surface area contributed by atoms with Gasteiger partial charge < -0.3 is 11.1 Å². The summed E-state index contributed by atoms with van der Waals surface area (Å²) in [5.41, 5.74) is 6.92. The summed E-state index contributed by atoms with van der Waals surface area (Å²) < 4.78 is 0. The number of anilines is 2. The van der Waals surface area contributed by atoms with Crippen molar-refractivity contribution in [3.63, 3.8) is 0 Å². The highest BCUT2D eigenvalue weighted by atomic mass is 32.1. The van der Waals surface area contributed by atoms with Gasteiger partial charge in [0, 0.05) is 22.0 Å². The van der Waals surface area contributed by atoms with Gasteiger partial charge in [0.1, 0.15) is 0 Å². The molecule has 0 spiro atoms. The number of amides is 3. The fraction of sp³-hybridized carbons (Fsp3) is 0.267. The predicted octanol–water partition coefficient (Wildman–Crippen LogP) is 3.18. The van der Waals surface area contributed by atoms with Crippen molar-refractivity contribution in [1.29, 1.82) is 0 Å². The number of nitrogens with one attached hydrogen (secondary N) is 2. The van der Waals surface area contributed by atoms with E-state index >= 15 is 0 Å². The molecule has 2 rings (SSSR count). The summed E-state index contributed by atoms with van der Waals surface area (Å²) in [7, 11) is 0. The van der Waals surface area contributed by atoms with Crippen LogP contribution in [0, 0.1) is 0 Å². The average molecular weight is 318 g/mol. The molecule has 0 fully saturated rings. The maximum Gasteiger partial charge on any atom is 0.316 e. The van der Waals surface area contributed by atoms with Crippen LogP contribution in [0.25, 0.3) is 0 Å². The van der Waals surface area contributed by atoms with Gasteiger partial charge in [-0.1, -0.05) is 20.8 Å². The third-order valence-electron chi connectivity index (χ3n) is 2.91. The number of primary amides is 1. The Kier molecular flexibility index (Phi) is 4.46. The highest BCUT2D eigenvalue weighted by Gasteiger charge is 2.18. The van der Waals surface area contributed by atoms with Crippen molar-refractivity contribution in [2.45, 2.75) is 26.2 Å². The number of nitrogens with two attached hydrogens (primary N) is 1. The van der Waals surface area contributed by atoms with Crippen molar-refractivity contribution in [2.75, 3.05) is 10.6 Å². The average Bonchev–Trinajstić information content (AvgIpc) is 2.87. The normalized spacial score (nSPS) is 11.0. The molecule has 0 aliphatic rings. The van der Waals surface area contributed by atoms with Gasteiger partial charge in [0.05, 0.1) is 5.69 Å². The Bertz CT molecular complexity index is 686. The van der Waals surface area contributed by atoms with E-state index in [0.29, 0.717) is 16.4 Å². The lowest BCUT2D eigenvalue weighted by Gasteiger charge is -2.14. The number of carbonyl (C=O) groups excluding carboxylic acids is 2. The first kappa shape index (κ1) is 16.0. The quantitative estimate of drug-likeness (QED) is 0.810. The largest absolute Gasteiger partial charge is 0.351 e. The topological polar surface area (TPSA) is 97.1 Å². The first-order valence-corrected chi connectivity index (χ1v) is 7.57. The van der Waals surface area contributed by atoms with Gasteiger partial charge in [0.15, 0.2) is 5.13 Å². The fourth-order valence-electron chi connectivity index (χ4n) is 1.69. The van der Waals surface area contributed by atoms with Gasteiger partial charge in [-0.2, -0.15) is 0 Å². The summed E-state index contributed by atoms with van der Waals surface area (Å²) in [6.07, 6.45) is 0. The smallest absolute Gasteiger partial charge is 0.316 e. The molecule has 1 heterocycles. The molecule has 22 heavy (non-hydrogen) atoms. The van der Waals surface area contributed by atoms with Gasteiger partial charge in [-0.25, -0.2) is 9.78 Å². The lowest BCUT2D eigenvalue weighted by molar-refractivity contribution is 0.102. The SMILES string of the molecule is CC(C)(C)c1csc(NC(=O)c2ccc(NC(N)=O)cc2)n1. The Morgan fingerprint density at radius 2 is 1.77 bits per heavy atom. The first-order chi connectivity index (χ1) is 10.3. The molecule has 0 aliphatic heterocycles. The van der Waals surface area contributed by atoms with Crippen molar-refractivity contribution >= 4 is 34.1 Å². The zero-order valence-electron chi connectivity index (χ0n) is 12.6. The lowest BCUT2D eigenvalue weighted by Crippen LogP contribution is -2.19. The third kappa shape index (κ3) is 4.05. The Morgan fingerprint density at radius 3 is 2.27 bits per heavy atom. The van der Waals surface area contributed by atoms with Crippen LogP contribution in [-0.4, -0.2) is 16.9 Å². The third-order valence-corrected chi connectivity index (χ3v) is 3.67. The Morgan fingerprint density at radius 1 is 1.14 bits per heavy atom. The molecule has 2 aromatic rings. The molecule has 0 saturated heterocycles. The molecule has 6 nitrogen and oxygen atoms in total. The van der Waals surface area contributed by atoms with Crippen LogP contribution in [-0.2, 0) is 5.41 Å². The number of thiazole rings is 1. The van der Waals surface area contributed by atoms with Crippen LogP contribution in [0.2, 0.25) is 0 Å². The molecule has 0 atom stereocenters. The highest BCUT2D eigenvalue weighted by Crippen LogP contribution is 2.26. The van der Waals surface area contributed by atoms with Crippen molar-refractivity contribution < 1.29 is 9.59 Å². The maximum absolute atomic E-state index is 12.2. The van der Waals surface area contributed by atoms with Gasteiger partial charge in [0.25, 0.3) is 5.91 Å². The minimum atomic E-state index is -0.644. The molecule has 0 unspecified atom stereocenters. The number of hydrogen-bond acceptors (Lipinski definition) is 4. The molecule has 1 aromatic carbocycles. The molecular formula is C15H18N4O2S. The molecule has 0 bridgehead atoms. The van der Waals surface area contributed by atoms with Crippen molar-refractivity contribution in [1.82, 2.24) is 4.98 Å². The van der Waals surface area contributed by atoms with E-state index in [9.17, 15) is 9.59 Å². The van der Waals surface area contributed by atoms with Crippen molar-refractivity contribution in [3.05, 3.63) is 40.9 Å².